The second-order valence-corrected chi connectivity index (χ2v) is 8.06. The third kappa shape index (κ3) is 4.43. The summed E-state index contributed by atoms with van der Waals surface area (Å²) in [6.07, 6.45) is 3.34. The zero-order valence-electron chi connectivity index (χ0n) is 16.0. The van der Waals surface area contributed by atoms with Crippen LogP contribution >= 0.6 is 0 Å². The summed E-state index contributed by atoms with van der Waals surface area (Å²) in [5.41, 5.74) is 2.38. The normalized spacial score (nSPS) is 21.5. The molecular weight excluding hydrogens is 300 g/mol. The van der Waals surface area contributed by atoms with E-state index in [-0.39, 0.29) is 18.2 Å². The molecule has 1 N–H and O–H groups in total. The van der Waals surface area contributed by atoms with Crippen molar-refractivity contribution >= 4 is 6.03 Å². The van der Waals surface area contributed by atoms with E-state index >= 15 is 0 Å². The summed E-state index contributed by atoms with van der Waals surface area (Å²) in [5.74, 6) is 0.841. The Balaban J connectivity index is 1.98. The smallest absolute Gasteiger partial charge is 0.320 e. The first-order valence-electron chi connectivity index (χ1n) is 9.00. The van der Waals surface area contributed by atoms with Gasteiger partial charge in [-0.05, 0) is 57.1 Å². The third-order valence-corrected chi connectivity index (χ3v) is 4.82. The molecule has 1 aliphatic rings. The molecule has 4 heteroatoms. The molecule has 0 aliphatic carbocycles. The molecule has 2 rings (SSSR count). The number of likely N-dealkylation sites (tertiary alicyclic amines) is 1. The van der Waals surface area contributed by atoms with Gasteiger partial charge in [0.2, 0.25) is 0 Å². The minimum absolute atomic E-state index is 0.00125. The monoisotopic (exact) mass is 332 g/mol. The van der Waals surface area contributed by atoms with Gasteiger partial charge < -0.3 is 15.0 Å². The molecule has 4 nitrogen and oxygen atoms in total. The summed E-state index contributed by atoms with van der Waals surface area (Å²) in [4.78, 5) is 14.4. The van der Waals surface area contributed by atoms with Crippen LogP contribution in [0.15, 0.2) is 18.2 Å². The number of rotatable bonds is 3. The van der Waals surface area contributed by atoms with E-state index < -0.39 is 0 Å². The van der Waals surface area contributed by atoms with E-state index in [1.54, 1.807) is 0 Å². The van der Waals surface area contributed by atoms with Crippen LogP contribution in [0.1, 0.15) is 65.0 Å². The Morgan fingerprint density at radius 2 is 1.88 bits per heavy atom. The fraction of sp³-hybridized carbons (Fsp3) is 0.650. The maximum atomic E-state index is 12.5. The molecule has 1 aliphatic heterocycles. The van der Waals surface area contributed by atoms with Gasteiger partial charge >= 0.3 is 6.03 Å². The van der Waals surface area contributed by atoms with Gasteiger partial charge in [0.05, 0.1) is 0 Å². The highest BCUT2D eigenvalue weighted by Crippen LogP contribution is 2.32. The van der Waals surface area contributed by atoms with Crippen LogP contribution in [0.4, 0.5) is 4.79 Å². The molecule has 1 aromatic carbocycles. The van der Waals surface area contributed by atoms with Crippen molar-refractivity contribution in [1.29, 1.82) is 0 Å². The lowest BCUT2D eigenvalue weighted by Crippen LogP contribution is -2.52. The first-order valence-corrected chi connectivity index (χ1v) is 9.00. The molecule has 1 heterocycles. The molecule has 0 saturated carbocycles. The topological polar surface area (TPSA) is 41.6 Å². The summed E-state index contributed by atoms with van der Waals surface area (Å²) < 4.78 is 5.89. The number of nitrogens with zero attached hydrogens (tertiary/aromatic N) is 1. The molecule has 0 bridgehead atoms. The first kappa shape index (κ1) is 18.6. The highest BCUT2D eigenvalue weighted by Gasteiger charge is 2.28. The van der Waals surface area contributed by atoms with Gasteiger partial charge in [0, 0.05) is 12.1 Å². The number of benzene rings is 1. The highest BCUT2D eigenvalue weighted by atomic mass is 16.5. The Hall–Kier alpha value is -1.71. The number of amides is 2. The summed E-state index contributed by atoms with van der Waals surface area (Å²) >= 11 is 0. The molecule has 1 fully saturated rings. The minimum Gasteiger partial charge on any atom is -0.473 e. The maximum Gasteiger partial charge on any atom is 0.320 e. The first-order chi connectivity index (χ1) is 11.2. The van der Waals surface area contributed by atoms with Crippen molar-refractivity contribution in [3.63, 3.8) is 0 Å². The number of carbonyl (C=O) groups excluding carboxylic acids is 1. The largest absolute Gasteiger partial charge is 0.473 e. The van der Waals surface area contributed by atoms with Crippen LogP contribution in [0.3, 0.4) is 0 Å². The Kier molecular flexibility index (Phi) is 5.79. The van der Waals surface area contributed by atoms with E-state index in [0.717, 1.165) is 24.2 Å². The number of ether oxygens (including phenoxy) is 1. The lowest BCUT2D eigenvalue weighted by atomic mass is 9.85. The molecule has 2 atom stereocenters. The molecule has 134 valence electrons. The van der Waals surface area contributed by atoms with E-state index in [2.05, 4.69) is 52.9 Å². The van der Waals surface area contributed by atoms with Gasteiger partial charge in [-0.15, -0.1) is 0 Å². The molecule has 24 heavy (non-hydrogen) atoms. The Bertz CT molecular complexity index is 567. The van der Waals surface area contributed by atoms with Gasteiger partial charge in [0.15, 0.2) is 6.73 Å². The van der Waals surface area contributed by atoms with Crippen LogP contribution in [0, 0.1) is 6.92 Å². The van der Waals surface area contributed by atoms with Crippen LogP contribution in [-0.4, -0.2) is 29.7 Å². The zero-order valence-corrected chi connectivity index (χ0v) is 16.0. The SMILES string of the molecule is Cc1ccc(OCNC(=O)N2C(C)CCCC2C)c(C(C)(C)C)c1. The van der Waals surface area contributed by atoms with E-state index in [9.17, 15) is 4.79 Å². The number of carbonyl (C=O) groups is 1. The second-order valence-electron chi connectivity index (χ2n) is 8.06. The average molecular weight is 332 g/mol. The quantitative estimate of drug-likeness (QED) is 0.822. The Labute approximate surface area is 146 Å². The lowest BCUT2D eigenvalue weighted by molar-refractivity contribution is 0.117. The standard InChI is InChI=1S/C20H32N2O2/c1-14-10-11-18(17(12-14)20(4,5)6)24-13-21-19(23)22-15(2)8-7-9-16(22)3/h10-12,15-16H,7-9,13H2,1-6H3,(H,21,23). The molecular formula is C20H32N2O2. The number of piperidine rings is 1. The van der Waals surface area contributed by atoms with Gasteiger partial charge in [0.1, 0.15) is 5.75 Å². The van der Waals surface area contributed by atoms with Crippen LogP contribution in [0.2, 0.25) is 0 Å². The second kappa shape index (κ2) is 7.45. The number of nitrogens with one attached hydrogen (secondary N) is 1. The summed E-state index contributed by atoms with van der Waals surface area (Å²) in [6, 6.07) is 6.75. The molecule has 0 spiro atoms. The zero-order chi connectivity index (χ0) is 17.9. The van der Waals surface area contributed by atoms with E-state index in [0.29, 0.717) is 12.1 Å². The number of hydrogen-bond donors (Lipinski definition) is 1. The van der Waals surface area contributed by atoms with Gasteiger partial charge in [-0.25, -0.2) is 4.79 Å². The van der Waals surface area contributed by atoms with Crippen molar-refractivity contribution in [2.24, 2.45) is 0 Å². The van der Waals surface area contributed by atoms with E-state index in [1.807, 2.05) is 17.0 Å². The maximum absolute atomic E-state index is 12.5. The molecule has 1 aromatic rings. The third-order valence-electron chi connectivity index (χ3n) is 4.82. The fourth-order valence-corrected chi connectivity index (χ4v) is 3.44. The van der Waals surface area contributed by atoms with Gasteiger partial charge in [-0.3, -0.25) is 0 Å². The average Bonchev–Trinajstić information content (AvgIpc) is 2.47. The van der Waals surface area contributed by atoms with Crippen LogP contribution in [0.5, 0.6) is 5.75 Å². The van der Waals surface area contributed by atoms with Crippen LogP contribution in [-0.2, 0) is 5.41 Å². The number of aryl methyl sites for hydroxylation is 1. The summed E-state index contributed by atoms with van der Waals surface area (Å²) in [6.45, 7) is 13.0. The molecule has 0 radical (unpaired) electrons. The van der Waals surface area contributed by atoms with Gasteiger partial charge in [-0.1, -0.05) is 38.5 Å². The molecule has 2 unspecified atom stereocenters. The van der Waals surface area contributed by atoms with Crippen molar-refractivity contribution in [2.45, 2.75) is 78.3 Å². The Morgan fingerprint density at radius 1 is 1.25 bits per heavy atom. The van der Waals surface area contributed by atoms with Gasteiger partial charge in [-0.2, -0.15) is 0 Å². The molecule has 2 amide bonds. The van der Waals surface area contributed by atoms with Crippen molar-refractivity contribution in [3.8, 4) is 5.75 Å². The van der Waals surface area contributed by atoms with E-state index in [1.165, 1.54) is 12.0 Å². The molecule has 1 saturated heterocycles. The van der Waals surface area contributed by atoms with Crippen LogP contribution in [0.25, 0.3) is 0 Å². The Morgan fingerprint density at radius 3 is 2.46 bits per heavy atom. The van der Waals surface area contributed by atoms with Crippen molar-refractivity contribution in [3.05, 3.63) is 29.3 Å². The lowest BCUT2D eigenvalue weighted by Gasteiger charge is -2.38. The van der Waals surface area contributed by atoms with Crippen LogP contribution < -0.4 is 10.1 Å². The number of hydrogen-bond acceptors (Lipinski definition) is 2. The molecule has 0 aromatic heterocycles. The van der Waals surface area contributed by atoms with Crippen molar-refractivity contribution in [2.75, 3.05) is 6.73 Å². The summed E-state index contributed by atoms with van der Waals surface area (Å²) in [5, 5.41) is 2.92. The predicted molar refractivity (Wildman–Crippen MR) is 98.5 cm³/mol. The summed E-state index contributed by atoms with van der Waals surface area (Å²) in [7, 11) is 0. The van der Waals surface area contributed by atoms with E-state index in [4.69, 9.17) is 4.74 Å². The predicted octanol–water partition coefficient (Wildman–Crippen LogP) is 4.60. The van der Waals surface area contributed by atoms with Gasteiger partial charge in [0.25, 0.3) is 0 Å². The number of urea groups is 1. The van der Waals surface area contributed by atoms with Crippen molar-refractivity contribution in [1.82, 2.24) is 10.2 Å². The van der Waals surface area contributed by atoms with Crippen molar-refractivity contribution < 1.29 is 9.53 Å². The highest BCUT2D eigenvalue weighted by molar-refractivity contribution is 5.74. The fourth-order valence-electron chi connectivity index (χ4n) is 3.44. The minimum atomic E-state index is -0.0286.